The van der Waals surface area contributed by atoms with Crippen LogP contribution in [0.25, 0.3) is 6.08 Å². The van der Waals surface area contributed by atoms with Crippen molar-refractivity contribution in [3.8, 4) is 17.2 Å². The number of ether oxygens (including phenoxy) is 3. The van der Waals surface area contributed by atoms with Crippen molar-refractivity contribution >= 4 is 45.2 Å². The Bertz CT molecular complexity index is 1150. The first-order chi connectivity index (χ1) is 16.4. The second-order valence-corrected chi connectivity index (χ2v) is 8.92. The van der Waals surface area contributed by atoms with Gasteiger partial charge in [-0.1, -0.05) is 29.8 Å². The van der Waals surface area contributed by atoms with Gasteiger partial charge in [-0.15, -0.1) is 0 Å². The quantitative estimate of drug-likeness (QED) is 0.268. The summed E-state index contributed by atoms with van der Waals surface area (Å²) in [6, 6.07) is 18.5. The summed E-state index contributed by atoms with van der Waals surface area (Å²) in [4.78, 5) is 12.4. The highest BCUT2D eigenvalue weighted by Crippen LogP contribution is 2.38. The molecule has 0 fully saturated rings. The van der Waals surface area contributed by atoms with Gasteiger partial charge in [-0.05, 0) is 90.8 Å². The number of anilines is 1. The smallest absolute Gasteiger partial charge is 0.248 e. The minimum Gasteiger partial charge on any atom is -0.491 e. The average molecular weight is 545 g/mol. The molecule has 0 radical (unpaired) electrons. The van der Waals surface area contributed by atoms with Gasteiger partial charge in [-0.3, -0.25) is 4.79 Å². The molecular weight excluding hydrogens is 518 g/mol. The highest BCUT2D eigenvalue weighted by molar-refractivity contribution is 9.10. The summed E-state index contributed by atoms with van der Waals surface area (Å²) < 4.78 is 18.1. The number of carbonyl (C=O) groups is 1. The summed E-state index contributed by atoms with van der Waals surface area (Å²) in [5.41, 5.74) is 2.35. The summed E-state index contributed by atoms with van der Waals surface area (Å²) in [5.74, 6) is 1.66. The van der Waals surface area contributed by atoms with Crippen LogP contribution in [0.1, 0.15) is 31.9 Å². The van der Waals surface area contributed by atoms with Crippen molar-refractivity contribution in [1.82, 2.24) is 0 Å². The lowest BCUT2D eigenvalue weighted by molar-refractivity contribution is -0.111. The van der Waals surface area contributed by atoms with Gasteiger partial charge in [0.15, 0.2) is 11.5 Å². The molecule has 3 rings (SSSR count). The van der Waals surface area contributed by atoms with Crippen molar-refractivity contribution in [1.29, 1.82) is 0 Å². The van der Waals surface area contributed by atoms with E-state index in [1.807, 2.05) is 69.3 Å². The monoisotopic (exact) mass is 543 g/mol. The van der Waals surface area contributed by atoms with E-state index in [1.165, 1.54) is 6.08 Å². The molecule has 0 bridgehead atoms. The van der Waals surface area contributed by atoms with Crippen LogP contribution in [0.5, 0.6) is 17.2 Å². The highest BCUT2D eigenvalue weighted by Gasteiger charge is 2.13. The van der Waals surface area contributed by atoms with E-state index >= 15 is 0 Å². The fourth-order valence-electron chi connectivity index (χ4n) is 3.10. The standard InChI is InChI=1S/C27H27BrClNO4/c1-4-32-25-16-19(15-23(28)27(25)33-17-20-7-5-6-8-24(20)29)9-14-26(31)30-21-10-12-22(13-11-21)34-18(2)3/h5-16,18H,4,17H2,1-3H3,(H,30,31)/b14-9+. The first kappa shape index (κ1) is 25.7. The van der Waals surface area contributed by atoms with E-state index < -0.39 is 0 Å². The Balaban J connectivity index is 1.69. The van der Waals surface area contributed by atoms with E-state index in [0.29, 0.717) is 39.9 Å². The third-order valence-corrected chi connectivity index (χ3v) is 5.54. The number of carbonyl (C=O) groups excluding carboxylic acids is 1. The predicted molar refractivity (Wildman–Crippen MR) is 141 cm³/mol. The zero-order chi connectivity index (χ0) is 24.5. The molecule has 0 atom stereocenters. The van der Waals surface area contributed by atoms with Crippen LogP contribution < -0.4 is 19.5 Å². The van der Waals surface area contributed by atoms with Crippen LogP contribution >= 0.6 is 27.5 Å². The van der Waals surface area contributed by atoms with Crippen molar-refractivity contribution in [3.05, 3.63) is 87.4 Å². The SMILES string of the molecule is CCOc1cc(/C=C/C(=O)Nc2ccc(OC(C)C)cc2)cc(Br)c1OCc1ccccc1Cl. The molecule has 0 saturated carbocycles. The van der Waals surface area contributed by atoms with Crippen LogP contribution in [0.15, 0.2) is 71.2 Å². The van der Waals surface area contributed by atoms with Gasteiger partial charge in [0.2, 0.25) is 5.91 Å². The van der Waals surface area contributed by atoms with Gasteiger partial charge in [-0.25, -0.2) is 0 Å². The normalized spacial score (nSPS) is 11.0. The molecule has 3 aromatic carbocycles. The van der Waals surface area contributed by atoms with E-state index in [0.717, 1.165) is 16.9 Å². The molecule has 5 nitrogen and oxygen atoms in total. The molecule has 0 aliphatic heterocycles. The zero-order valence-corrected chi connectivity index (χ0v) is 21.7. The summed E-state index contributed by atoms with van der Waals surface area (Å²) in [7, 11) is 0. The number of hydrogen-bond acceptors (Lipinski definition) is 4. The molecular formula is C27H27BrClNO4. The minimum atomic E-state index is -0.245. The molecule has 0 aliphatic carbocycles. The number of benzene rings is 3. The Morgan fingerprint density at radius 2 is 1.82 bits per heavy atom. The van der Waals surface area contributed by atoms with E-state index in [4.69, 9.17) is 25.8 Å². The average Bonchev–Trinajstić information content (AvgIpc) is 2.79. The Morgan fingerprint density at radius 1 is 1.09 bits per heavy atom. The van der Waals surface area contributed by atoms with Crippen molar-refractivity contribution < 1.29 is 19.0 Å². The predicted octanol–water partition coefficient (Wildman–Crippen LogP) is 7.52. The second kappa shape index (κ2) is 12.5. The molecule has 0 aliphatic rings. The first-order valence-corrected chi connectivity index (χ1v) is 12.1. The summed E-state index contributed by atoms with van der Waals surface area (Å²) in [5, 5.41) is 3.48. The van der Waals surface area contributed by atoms with E-state index in [-0.39, 0.29) is 12.0 Å². The summed E-state index contributed by atoms with van der Waals surface area (Å²) >= 11 is 9.80. The van der Waals surface area contributed by atoms with Crippen LogP contribution in [0.2, 0.25) is 5.02 Å². The second-order valence-electron chi connectivity index (χ2n) is 7.66. The molecule has 178 valence electrons. The largest absolute Gasteiger partial charge is 0.491 e. The molecule has 0 saturated heterocycles. The number of nitrogens with one attached hydrogen (secondary N) is 1. The van der Waals surface area contributed by atoms with Gasteiger partial charge in [-0.2, -0.15) is 0 Å². The van der Waals surface area contributed by atoms with Crippen LogP contribution in [-0.2, 0) is 11.4 Å². The molecule has 0 aromatic heterocycles. The van der Waals surface area contributed by atoms with Gasteiger partial charge in [0.25, 0.3) is 0 Å². The van der Waals surface area contributed by atoms with E-state index in [2.05, 4.69) is 21.2 Å². The third kappa shape index (κ3) is 7.54. The number of amides is 1. The van der Waals surface area contributed by atoms with Gasteiger partial charge >= 0.3 is 0 Å². The molecule has 1 N–H and O–H groups in total. The third-order valence-electron chi connectivity index (χ3n) is 4.58. The van der Waals surface area contributed by atoms with Gasteiger partial charge in [0.1, 0.15) is 12.4 Å². The van der Waals surface area contributed by atoms with Crippen LogP contribution in [-0.4, -0.2) is 18.6 Å². The van der Waals surface area contributed by atoms with Crippen LogP contribution in [0, 0.1) is 0 Å². The maximum Gasteiger partial charge on any atom is 0.248 e. The number of halogens is 2. The van der Waals surface area contributed by atoms with E-state index in [9.17, 15) is 4.79 Å². The molecule has 1 amide bonds. The van der Waals surface area contributed by atoms with Crippen LogP contribution in [0.3, 0.4) is 0 Å². The topological polar surface area (TPSA) is 56.8 Å². The summed E-state index contributed by atoms with van der Waals surface area (Å²) in [6.07, 6.45) is 3.29. The Morgan fingerprint density at radius 3 is 2.50 bits per heavy atom. The minimum absolute atomic E-state index is 0.0946. The zero-order valence-electron chi connectivity index (χ0n) is 19.3. The van der Waals surface area contributed by atoms with Gasteiger partial charge in [0, 0.05) is 22.3 Å². The lowest BCUT2D eigenvalue weighted by Gasteiger charge is -2.15. The number of rotatable bonds is 10. The summed E-state index contributed by atoms with van der Waals surface area (Å²) in [6.45, 7) is 6.61. The maximum absolute atomic E-state index is 12.4. The molecule has 7 heteroatoms. The van der Waals surface area contributed by atoms with Crippen molar-refractivity contribution in [2.45, 2.75) is 33.5 Å². The highest BCUT2D eigenvalue weighted by atomic mass is 79.9. The Labute approximate surface area is 213 Å². The molecule has 34 heavy (non-hydrogen) atoms. The first-order valence-electron chi connectivity index (χ1n) is 10.9. The van der Waals surface area contributed by atoms with Crippen molar-refractivity contribution in [2.24, 2.45) is 0 Å². The molecule has 0 spiro atoms. The van der Waals surface area contributed by atoms with Gasteiger partial charge < -0.3 is 19.5 Å². The maximum atomic E-state index is 12.4. The van der Waals surface area contributed by atoms with Gasteiger partial charge in [0.05, 0.1) is 17.2 Å². The lowest BCUT2D eigenvalue weighted by Crippen LogP contribution is -2.08. The fraction of sp³-hybridized carbons (Fsp3) is 0.222. The molecule has 0 heterocycles. The van der Waals surface area contributed by atoms with Crippen molar-refractivity contribution in [2.75, 3.05) is 11.9 Å². The van der Waals surface area contributed by atoms with Crippen LogP contribution in [0.4, 0.5) is 5.69 Å². The molecule has 3 aromatic rings. The van der Waals surface area contributed by atoms with E-state index in [1.54, 1.807) is 18.2 Å². The Hall–Kier alpha value is -2.96. The fourth-order valence-corrected chi connectivity index (χ4v) is 3.86. The van der Waals surface area contributed by atoms with Crippen molar-refractivity contribution in [3.63, 3.8) is 0 Å². The molecule has 0 unspecified atom stereocenters. The Kier molecular flexibility index (Phi) is 9.42. The lowest BCUT2D eigenvalue weighted by atomic mass is 10.1. The number of hydrogen-bond donors (Lipinski definition) is 1.